The maximum Gasteiger partial charge on any atom is 0.167 e. The fourth-order valence-corrected chi connectivity index (χ4v) is 13.4. The summed E-state index contributed by atoms with van der Waals surface area (Å²) < 4.78 is 14.3. The molecule has 0 aliphatic heterocycles. The summed E-state index contributed by atoms with van der Waals surface area (Å²) in [7, 11) is 0. The maximum absolute atomic E-state index is 6.95. The Kier molecular flexibility index (Phi) is 7.86. The van der Waals surface area contributed by atoms with E-state index >= 15 is 0 Å². The highest BCUT2D eigenvalue weighted by atomic mass is 32.1. The molecule has 70 heavy (non-hydrogen) atoms. The van der Waals surface area contributed by atoms with E-state index in [2.05, 4.69) is 205 Å². The molecule has 0 radical (unpaired) electrons. The summed E-state index contributed by atoms with van der Waals surface area (Å²) in [5, 5.41) is 16.3. The number of hydrogen-bond acceptors (Lipinski definition) is 6. The van der Waals surface area contributed by atoms with E-state index in [1.807, 2.05) is 17.4 Å². The Morgan fingerprint density at radius 2 is 0.929 bits per heavy atom. The van der Waals surface area contributed by atoms with Gasteiger partial charge < -0.3 is 8.98 Å². The zero-order valence-corrected chi connectivity index (χ0v) is 38.8. The molecule has 11 aromatic carbocycles. The van der Waals surface area contributed by atoms with Gasteiger partial charge in [-0.1, -0.05) is 121 Å². The third-order valence-corrected chi connectivity index (χ3v) is 16.6. The van der Waals surface area contributed by atoms with Gasteiger partial charge in [0, 0.05) is 78.7 Å². The van der Waals surface area contributed by atoms with Gasteiger partial charge >= 0.3 is 0 Å². The van der Waals surface area contributed by atoms with Gasteiger partial charge in [0.1, 0.15) is 11.2 Å². The van der Waals surface area contributed by atoms with Gasteiger partial charge in [0.2, 0.25) is 0 Å². The summed E-state index contributed by atoms with van der Waals surface area (Å²) in [6, 6.07) is 74.5. The van der Waals surface area contributed by atoms with Crippen molar-refractivity contribution in [3.63, 3.8) is 0 Å². The van der Waals surface area contributed by atoms with E-state index in [1.54, 1.807) is 11.3 Å². The molecule has 0 N–H and O–H groups in total. The Morgan fingerprint density at radius 3 is 1.69 bits per heavy atom. The standard InChI is InChI=1S/C63H34N4OS2/c1-3-14-37-33-51-47(29-35(37)12-1)48-30-36-13-2-4-15-38(36)34-52(48)67(51)41-25-26-42-40(28-41)32-50(60-59(42)44-17-5-8-20-53(44)68-60)63-65-61(39-24-27-56-49(31-39)43-16-6-9-21-54(43)69-56)64-62(66-63)46-19-11-23-57-58(46)45-18-7-10-22-55(45)70-57/h1-34H. The van der Waals surface area contributed by atoms with Gasteiger partial charge in [-0.25, -0.2) is 15.0 Å². The third-order valence-electron chi connectivity index (χ3n) is 14.4. The Bertz CT molecular complexity index is 4830. The van der Waals surface area contributed by atoms with Crippen molar-refractivity contribution in [3.8, 4) is 39.9 Å². The minimum Gasteiger partial charge on any atom is -0.455 e. The molecule has 0 bridgehead atoms. The lowest BCUT2D eigenvalue weighted by Crippen LogP contribution is -2.01. The van der Waals surface area contributed by atoms with Crippen LogP contribution in [0.15, 0.2) is 211 Å². The Balaban J connectivity index is 0.991. The van der Waals surface area contributed by atoms with Crippen molar-refractivity contribution >= 4 is 139 Å². The predicted octanol–water partition coefficient (Wildman–Crippen LogP) is 18.1. The van der Waals surface area contributed by atoms with Crippen LogP contribution in [0.3, 0.4) is 0 Å². The fraction of sp³-hybridized carbons (Fsp3) is 0. The second-order valence-corrected chi connectivity index (χ2v) is 20.5. The number of aromatic nitrogens is 4. The molecule has 16 aromatic rings. The number of benzene rings is 11. The Labute approximate surface area is 406 Å². The number of hydrogen-bond donors (Lipinski definition) is 0. The molecule has 7 heteroatoms. The largest absolute Gasteiger partial charge is 0.455 e. The summed E-state index contributed by atoms with van der Waals surface area (Å²) in [5.41, 5.74) is 7.67. The maximum atomic E-state index is 6.95. The number of nitrogens with zero attached hydrogens (tertiary/aromatic N) is 4. The molecule has 0 aliphatic rings. The van der Waals surface area contributed by atoms with Crippen molar-refractivity contribution in [1.82, 2.24) is 19.5 Å². The van der Waals surface area contributed by atoms with Crippen LogP contribution in [-0.4, -0.2) is 19.5 Å². The van der Waals surface area contributed by atoms with Gasteiger partial charge in [0.25, 0.3) is 0 Å². The lowest BCUT2D eigenvalue weighted by atomic mass is 9.99. The molecule has 5 aromatic heterocycles. The molecule has 324 valence electrons. The molecule has 0 amide bonds. The summed E-state index contributed by atoms with van der Waals surface area (Å²) in [5.74, 6) is 1.78. The monoisotopic (exact) mass is 926 g/mol. The molecule has 0 fully saturated rings. The minimum absolute atomic E-state index is 0.554. The first kappa shape index (κ1) is 38.2. The van der Waals surface area contributed by atoms with Crippen LogP contribution in [0.2, 0.25) is 0 Å². The van der Waals surface area contributed by atoms with Crippen LogP contribution in [0.4, 0.5) is 0 Å². The van der Waals surface area contributed by atoms with Gasteiger partial charge in [-0.2, -0.15) is 0 Å². The van der Waals surface area contributed by atoms with E-state index < -0.39 is 0 Å². The van der Waals surface area contributed by atoms with Crippen LogP contribution in [-0.2, 0) is 0 Å². The van der Waals surface area contributed by atoms with Crippen LogP contribution >= 0.6 is 22.7 Å². The normalized spacial score (nSPS) is 12.3. The van der Waals surface area contributed by atoms with Crippen molar-refractivity contribution in [2.75, 3.05) is 0 Å². The lowest BCUT2D eigenvalue weighted by Gasteiger charge is -2.13. The van der Waals surface area contributed by atoms with Crippen molar-refractivity contribution in [3.05, 3.63) is 206 Å². The fourth-order valence-electron chi connectivity index (χ4n) is 11.2. The van der Waals surface area contributed by atoms with Crippen LogP contribution in [0.5, 0.6) is 0 Å². The first-order valence-corrected chi connectivity index (χ1v) is 25.1. The average molecular weight is 927 g/mol. The van der Waals surface area contributed by atoms with Crippen molar-refractivity contribution in [1.29, 1.82) is 0 Å². The molecule has 0 aliphatic carbocycles. The number of fused-ring (bicyclic) bond motifs is 16. The number of para-hydroxylation sites is 1. The number of thiophene rings is 2. The molecule has 0 spiro atoms. The van der Waals surface area contributed by atoms with E-state index in [0.717, 1.165) is 71.5 Å². The summed E-state index contributed by atoms with van der Waals surface area (Å²) in [6.45, 7) is 0. The number of rotatable bonds is 4. The van der Waals surface area contributed by atoms with E-state index in [1.165, 1.54) is 67.3 Å². The van der Waals surface area contributed by atoms with Crippen molar-refractivity contribution in [2.45, 2.75) is 0 Å². The van der Waals surface area contributed by atoms with Crippen LogP contribution < -0.4 is 0 Å². The molecule has 0 atom stereocenters. The van der Waals surface area contributed by atoms with Crippen LogP contribution in [0.1, 0.15) is 0 Å². The molecular formula is C63H34N4OS2. The summed E-state index contributed by atoms with van der Waals surface area (Å²) in [6.07, 6.45) is 0. The third kappa shape index (κ3) is 5.55. The van der Waals surface area contributed by atoms with Crippen molar-refractivity contribution in [2.24, 2.45) is 0 Å². The highest BCUT2D eigenvalue weighted by molar-refractivity contribution is 7.26. The summed E-state index contributed by atoms with van der Waals surface area (Å²) >= 11 is 3.60. The predicted molar refractivity (Wildman–Crippen MR) is 296 cm³/mol. The van der Waals surface area contributed by atoms with E-state index in [-0.39, 0.29) is 0 Å². The molecule has 0 unspecified atom stereocenters. The highest BCUT2D eigenvalue weighted by Gasteiger charge is 2.23. The van der Waals surface area contributed by atoms with Gasteiger partial charge in [0.05, 0.1) is 16.6 Å². The Hall–Kier alpha value is -8.75. The van der Waals surface area contributed by atoms with Crippen LogP contribution in [0, 0.1) is 0 Å². The second-order valence-electron chi connectivity index (χ2n) is 18.3. The smallest absolute Gasteiger partial charge is 0.167 e. The molecule has 5 nitrogen and oxygen atoms in total. The topological polar surface area (TPSA) is 56.7 Å². The highest BCUT2D eigenvalue weighted by Crippen LogP contribution is 2.45. The van der Waals surface area contributed by atoms with Gasteiger partial charge in [-0.3, -0.25) is 0 Å². The molecular weight excluding hydrogens is 893 g/mol. The van der Waals surface area contributed by atoms with Crippen LogP contribution in [0.25, 0.3) is 156 Å². The first-order chi connectivity index (χ1) is 34.6. The SMILES string of the molecule is c1ccc2cc3c(cc2c1)c1cc2ccccc2cc1n3-c1ccc2c(c1)cc(-c1nc(-c3ccc4sc5ccccc5c4c3)nc(-c3cccc4sc5ccccc5c34)n1)c1oc3ccccc3c12. The molecule has 0 saturated heterocycles. The molecule has 0 saturated carbocycles. The van der Waals surface area contributed by atoms with E-state index in [9.17, 15) is 0 Å². The Morgan fingerprint density at radius 1 is 0.343 bits per heavy atom. The van der Waals surface area contributed by atoms with E-state index in [4.69, 9.17) is 19.4 Å². The quantitative estimate of drug-likeness (QED) is 0.176. The van der Waals surface area contributed by atoms with Gasteiger partial charge in [-0.15, -0.1) is 22.7 Å². The summed E-state index contributed by atoms with van der Waals surface area (Å²) in [4.78, 5) is 16.3. The number of furan rings is 1. The van der Waals surface area contributed by atoms with Crippen molar-refractivity contribution < 1.29 is 4.42 Å². The van der Waals surface area contributed by atoms with Gasteiger partial charge in [-0.05, 0) is 117 Å². The first-order valence-electron chi connectivity index (χ1n) is 23.5. The minimum atomic E-state index is 0.554. The second kappa shape index (κ2) is 14.4. The average Bonchev–Trinajstić information content (AvgIpc) is 4.18. The zero-order chi connectivity index (χ0) is 45.6. The van der Waals surface area contributed by atoms with E-state index in [0.29, 0.717) is 17.5 Å². The zero-order valence-electron chi connectivity index (χ0n) is 37.1. The lowest BCUT2D eigenvalue weighted by molar-refractivity contribution is 0.670. The molecule has 5 heterocycles. The van der Waals surface area contributed by atoms with Gasteiger partial charge in [0.15, 0.2) is 17.5 Å². The molecule has 16 rings (SSSR count).